The fourth-order valence-corrected chi connectivity index (χ4v) is 4.75. The van der Waals surface area contributed by atoms with Gasteiger partial charge in [0.15, 0.2) is 0 Å². The van der Waals surface area contributed by atoms with E-state index in [1.807, 2.05) is 42.5 Å². The van der Waals surface area contributed by atoms with E-state index in [1.165, 1.54) is 18.6 Å². The van der Waals surface area contributed by atoms with Crippen LogP contribution in [-0.2, 0) is 6.54 Å². The summed E-state index contributed by atoms with van der Waals surface area (Å²) in [5.41, 5.74) is 2.80. The lowest BCUT2D eigenvalue weighted by molar-refractivity contribution is 0.0580. The molecule has 2 atom stereocenters. The van der Waals surface area contributed by atoms with Gasteiger partial charge in [0.05, 0.1) is 0 Å². The Morgan fingerprint density at radius 3 is 2.68 bits per heavy atom. The molecule has 3 saturated heterocycles. The second-order valence-corrected chi connectivity index (χ2v) is 8.15. The third kappa shape index (κ3) is 3.31. The summed E-state index contributed by atoms with van der Waals surface area (Å²) in [6.07, 6.45) is 2.22. The van der Waals surface area contributed by atoms with E-state index in [-0.39, 0.29) is 17.8 Å². The molecule has 1 aromatic heterocycles. The van der Waals surface area contributed by atoms with Crippen molar-refractivity contribution in [2.24, 2.45) is 5.92 Å². The molecule has 0 spiro atoms. The Bertz CT molecular complexity index is 964. The molecule has 4 heterocycles. The maximum atomic E-state index is 13.2. The number of carbonyl (C=O) groups excluding carboxylic acids is 1. The van der Waals surface area contributed by atoms with Crippen molar-refractivity contribution in [1.82, 2.24) is 14.8 Å². The van der Waals surface area contributed by atoms with Gasteiger partial charge in [-0.25, -0.2) is 4.39 Å². The van der Waals surface area contributed by atoms with Gasteiger partial charge in [0, 0.05) is 43.1 Å². The lowest BCUT2D eigenvalue weighted by Crippen LogP contribution is -2.47. The van der Waals surface area contributed by atoms with Gasteiger partial charge in [0.1, 0.15) is 11.5 Å². The van der Waals surface area contributed by atoms with E-state index in [2.05, 4.69) is 14.8 Å². The molecule has 0 unspecified atom stereocenters. The molecule has 3 fully saturated rings. The summed E-state index contributed by atoms with van der Waals surface area (Å²) in [7, 11) is 0. The molecule has 1 amide bonds. The highest BCUT2D eigenvalue weighted by molar-refractivity contribution is 5.98. The second kappa shape index (κ2) is 7.06. The van der Waals surface area contributed by atoms with Gasteiger partial charge in [0.2, 0.25) is 0 Å². The van der Waals surface area contributed by atoms with Gasteiger partial charge in [-0.2, -0.15) is 0 Å². The Labute approximate surface area is 163 Å². The van der Waals surface area contributed by atoms with Crippen molar-refractivity contribution in [2.75, 3.05) is 19.6 Å². The van der Waals surface area contributed by atoms with Crippen LogP contribution in [0.25, 0.3) is 10.9 Å². The fourth-order valence-electron chi connectivity index (χ4n) is 4.75. The number of aromatic nitrogens is 1. The third-order valence-electron chi connectivity index (χ3n) is 6.13. The zero-order valence-electron chi connectivity index (χ0n) is 15.8. The normalized spacial score (nSPS) is 22.5. The van der Waals surface area contributed by atoms with E-state index in [4.69, 9.17) is 0 Å². The molecule has 4 nitrogen and oxygen atoms in total. The molecule has 28 heavy (non-hydrogen) atoms. The summed E-state index contributed by atoms with van der Waals surface area (Å²) in [4.78, 5) is 21.0. The van der Waals surface area contributed by atoms with Crippen molar-refractivity contribution in [2.45, 2.75) is 25.4 Å². The number of fused-ring (bicyclic) bond motifs is 5. The van der Waals surface area contributed by atoms with Crippen molar-refractivity contribution in [1.29, 1.82) is 0 Å². The topological polar surface area (TPSA) is 39.3 Å². The zero-order chi connectivity index (χ0) is 19.1. The van der Waals surface area contributed by atoms with Crippen LogP contribution in [0.1, 0.15) is 28.9 Å². The SMILES string of the molecule is O=C(c1cc2ccccc2[nH]1)N1C[C@H]2CC[C@@H]1CN(Cc1ccc(F)cc1)C2. The maximum Gasteiger partial charge on any atom is 0.270 e. The summed E-state index contributed by atoms with van der Waals surface area (Å²) in [6.45, 7) is 3.49. The van der Waals surface area contributed by atoms with Crippen LogP contribution in [0.3, 0.4) is 0 Å². The van der Waals surface area contributed by atoms with E-state index < -0.39 is 0 Å². The van der Waals surface area contributed by atoms with Crippen LogP contribution in [0.2, 0.25) is 0 Å². The number of H-pyrrole nitrogens is 1. The van der Waals surface area contributed by atoms with E-state index in [0.29, 0.717) is 11.6 Å². The van der Waals surface area contributed by atoms with Crippen LogP contribution >= 0.6 is 0 Å². The molecule has 144 valence electrons. The number of halogens is 1. The van der Waals surface area contributed by atoms with Gasteiger partial charge in [-0.05, 0) is 48.6 Å². The number of para-hydroxylation sites is 1. The molecule has 1 N–H and O–H groups in total. The van der Waals surface area contributed by atoms with E-state index >= 15 is 0 Å². The van der Waals surface area contributed by atoms with Crippen LogP contribution in [0.15, 0.2) is 54.6 Å². The molecule has 0 aliphatic carbocycles. The first-order valence-corrected chi connectivity index (χ1v) is 10.0. The van der Waals surface area contributed by atoms with Gasteiger partial charge in [-0.1, -0.05) is 30.3 Å². The fraction of sp³-hybridized carbons (Fsp3) is 0.348. The number of benzene rings is 2. The monoisotopic (exact) mass is 377 g/mol. The lowest BCUT2D eigenvalue weighted by Gasteiger charge is -2.36. The first-order chi connectivity index (χ1) is 13.7. The van der Waals surface area contributed by atoms with E-state index in [1.54, 1.807) is 0 Å². The molecule has 0 saturated carbocycles. The van der Waals surface area contributed by atoms with Crippen molar-refractivity contribution < 1.29 is 9.18 Å². The highest BCUT2D eigenvalue weighted by atomic mass is 19.1. The van der Waals surface area contributed by atoms with Crippen molar-refractivity contribution in [3.63, 3.8) is 0 Å². The van der Waals surface area contributed by atoms with Gasteiger partial charge in [0.25, 0.3) is 5.91 Å². The van der Waals surface area contributed by atoms with Crippen LogP contribution < -0.4 is 0 Å². The molecular weight excluding hydrogens is 353 g/mol. The number of piperidine rings is 1. The second-order valence-electron chi connectivity index (χ2n) is 8.15. The predicted octanol–water partition coefficient (Wildman–Crippen LogP) is 4.04. The van der Waals surface area contributed by atoms with Crippen molar-refractivity contribution >= 4 is 16.8 Å². The Morgan fingerprint density at radius 2 is 1.86 bits per heavy atom. The number of carbonyl (C=O) groups is 1. The number of nitrogens with one attached hydrogen (secondary N) is 1. The molecular formula is C23H24FN3O. The van der Waals surface area contributed by atoms with Gasteiger partial charge in [-0.3, -0.25) is 9.69 Å². The molecule has 3 aliphatic rings. The summed E-state index contributed by atoms with van der Waals surface area (Å²) < 4.78 is 13.2. The van der Waals surface area contributed by atoms with Crippen molar-refractivity contribution in [3.8, 4) is 0 Å². The Kier molecular flexibility index (Phi) is 4.40. The van der Waals surface area contributed by atoms with Crippen LogP contribution in [0.4, 0.5) is 4.39 Å². The van der Waals surface area contributed by atoms with E-state index in [0.717, 1.165) is 49.1 Å². The number of aromatic amines is 1. The summed E-state index contributed by atoms with van der Waals surface area (Å²) in [5, 5.41) is 1.07. The first kappa shape index (κ1) is 17.4. The summed E-state index contributed by atoms with van der Waals surface area (Å²) in [5.74, 6) is 0.400. The molecule has 5 heteroatoms. The van der Waals surface area contributed by atoms with E-state index in [9.17, 15) is 9.18 Å². The van der Waals surface area contributed by atoms with Gasteiger partial charge < -0.3 is 9.88 Å². The molecule has 0 radical (unpaired) electrons. The van der Waals surface area contributed by atoms with Crippen LogP contribution in [-0.4, -0.2) is 46.4 Å². The standard InChI is InChI=1S/C23H24FN3O/c24-19-8-5-16(6-9-19)12-26-13-17-7-10-20(15-26)27(14-17)23(28)22-11-18-3-1-2-4-21(18)25-22/h1-6,8-9,11,17,20,25H,7,10,12-15H2/t17-,20+/m0/s1. The number of hydrogen-bond acceptors (Lipinski definition) is 2. The predicted molar refractivity (Wildman–Crippen MR) is 108 cm³/mol. The summed E-state index contributed by atoms with van der Waals surface area (Å²) >= 11 is 0. The number of rotatable bonds is 3. The van der Waals surface area contributed by atoms with Crippen molar-refractivity contribution in [3.05, 3.63) is 71.7 Å². The molecule has 3 aromatic rings. The highest BCUT2D eigenvalue weighted by Crippen LogP contribution is 2.30. The molecule has 6 rings (SSSR count). The smallest absolute Gasteiger partial charge is 0.270 e. The highest BCUT2D eigenvalue weighted by Gasteiger charge is 2.37. The van der Waals surface area contributed by atoms with Crippen LogP contribution in [0, 0.1) is 11.7 Å². The number of hydrogen-bond donors (Lipinski definition) is 1. The third-order valence-corrected chi connectivity index (χ3v) is 6.13. The Balaban J connectivity index is 1.34. The minimum atomic E-state index is -0.199. The maximum absolute atomic E-state index is 13.2. The number of nitrogens with zero attached hydrogens (tertiary/aromatic N) is 2. The molecule has 3 aliphatic heterocycles. The average Bonchev–Trinajstić information content (AvgIpc) is 2.95. The summed E-state index contributed by atoms with van der Waals surface area (Å²) in [6, 6.07) is 17.0. The quantitative estimate of drug-likeness (QED) is 0.748. The Morgan fingerprint density at radius 1 is 1.04 bits per heavy atom. The van der Waals surface area contributed by atoms with Gasteiger partial charge in [-0.15, -0.1) is 0 Å². The average molecular weight is 377 g/mol. The van der Waals surface area contributed by atoms with Crippen LogP contribution in [0.5, 0.6) is 0 Å². The molecule has 2 aromatic carbocycles. The first-order valence-electron chi connectivity index (χ1n) is 10.0. The number of amides is 1. The van der Waals surface area contributed by atoms with Gasteiger partial charge >= 0.3 is 0 Å². The minimum absolute atomic E-state index is 0.106. The zero-order valence-corrected chi connectivity index (χ0v) is 15.8. The molecule has 2 bridgehead atoms. The lowest BCUT2D eigenvalue weighted by atomic mass is 9.94. The largest absolute Gasteiger partial charge is 0.351 e. The minimum Gasteiger partial charge on any atom is -0.351 e. The Hall–Kier alpha value is -2.66.